The molecule has 2 aromatic rings. The monoisotopic (exact) mass is 238 g/mol. The fraction of sp³-hybridized carbons (Fsp3) is 0.294. The molecule has 0 fully saturated rings. The summed E-state index contributed by atoms with van der Waals surface area (Å²) in [6.07, 6.45) is 2.25. The van der Waals surface area contributed by atoms with Gasteiger partial charge in [-0.05, 0) is 72.2 Å². The maximum absolute atomic E-state index is 5.31. The van der Waals surface area contributed by atoms with E-state index in [1.165, 1.54) is 33.4 Å². The van der Waals surface area contributed by atoms with Crippen molar-refractivity contribution < 1.29 is 4.74 Å². The first-order chi connectivity index (χ1) is 8.69. The Kier molecular flexibility index (Phi) is 2.62. The summed E-state index contributed by atoms with van der Waals surface area (Å²) in [6, 6.07) is 11.1. The van der Waals surface area contributed by atoms with E-state index < -0.39 is 0 Å². The van der Waals surface area contributed by atoms with Crippen molar-refractivity contribution in [3.05, 3.63) is 52.6 Å². The van der Waals surface area contributed by atoms with Gasteiger partial charge in [0.25, 0.3) is 0 Å². The Morgan fingerprint density at radius 3 is 2.22 bits per heavy atom. The average molecular weight is 238 g/mol. The zero-order valence-electron chi connectivity index (χ0n) is 11.2. The molecule has 0 aliphatic heterocycles. The van der Waals surface area contributed by atoms with Crippen LogP contribution in [0.3, 0.4) is 0 Å². The van der Waals surface area contributed by atoms with Crippen LogP contribution >= 0.6 is 0 Å². The predicted octanol–water partition coefficient (Wildman–Crippen LogP) is 4.08. The lowest BCUT2D eigenvalue weighted by molar-refractivity contribution is 0.414. The molecule has 1 aliphatic carbocycles. The van der Waals surface area contributed by atoms with E-state index in [2.05, 4.69) is 44.2 Å². The van der Waals surface area contributed by atoms with Crippen molar-refractivity contribution in [3.63, 3.8) is 0 Å². The average Bonchev–Trinajstić information content (AvgIpc) is 2.39. The highest BCUT2D eigenvalue weighted by molar-refractivity contribution is 5.75. The van der Waals surface area contributed by atoms with Crippen LogP contribution in [0.1, 0.15) is 22.3 Å². The Balaban J connectivity index is 2.19. The summed E-state index contributed by atoms with van der Waals surface area (Å²) in [5.74, 6) is 0.959. The van der Waals surface area contributed by atoms with Gasteiger partial charge in [-0.1, -0.05) is 18.2 Å². The van der Waals surface area contributed by atoms with E-state index in [-0.39, 0.29) is 0 Å². The molecule has 0 saturated heterocycles. The fourth-order valence-electron chi connectivity index (χ4n) is 2.77. The van der Waals surface area contributed by atoms with Crippen molar-refractivity contribution >= 4 is 0 Å². The highest BCUT2D eigenvalue weighted by Gasteiger charge is 2.17. The molecule has 0 aromatic heterocycles. The summed E-state index contributed by atoms with van der Waals surface area (Å²) in [7, 11) is 1.73. The van der Waals surface area contributed by atoms with Gasteiger partial charge in [0.1, 0.15) is 5.75 Å². The minimum absolute atomic E-state index is 0.959. The van der Waals surface area contributed by atoms with Crippen molar-refractivity contribution in [2.24, 2.45) is 0 Å². The van der Waals surface area contributed by atoms with Gasteiger partial charge in [0, 0.05) is 0 Å². The summed E-state index contributed by atoms with van der Waals surface area (Å²) in [5.41, 5.74) is 8.44. The topological polar surface area (TPSA) is 9.23 Å². The number of aryl methyl sites for hydroxylation is 4. The molecule has 0 N–H and O–H groups in total. The molecule has 2 aromatic carbocycles. The number of hydrogen-bond acceptors (Lipinski definition) is 1. The van der Waals surface area contributed by atoms with Crippen LogP contribution in [0.5, 0.6) is 5.75 Å². The lowest BCUT2D eigenvalue weighted by atomic mass is 9.83. The number of hydrogen-bond donors (Lipinski definition) is 0. The summed E-state index contributed by atoms with van der Waals surface area (Å²) in [4.78, 5) is 0. The van der Waals surface area contributed by atoms with Crippen molar-refractivity contribution in [1.82, 2.24) is 0 Å². The number of benzene rings is 2. The third-order valence-electron chi connectivity index (χ3n) is 3.99. The molecule has 0 heterocycles. The second kappa shape index (κ2) is 4.16. The van der Waals surface area contributed by atoms with Crippen LogP contribution in [0.2, 0.25) is 0 Å². The highest BCUT2D eigenvalue weighted by Crippen LogP contribution is 2.36. The smallest absolute Gasteiger partial charge is 0.119 e. The van der Waals surface area contributed by atoms with Crippen LogP contribution in [0.15, 0.2) is 30.3 Å². The molecule has 0 spiro atoms. The number of methoxy groups -OCH3 is 1. The van der Waals surface area contributed by atoms with E-state index in [0.717, 1.165) is 18.6 Å². The van der Waals surface area contributed by atoms with Gasteiger partial charge in [0.2, 0.25) is 0 Å². The van der Waals surface area contributed by atoms with Gasteiger partial charge >= 0.3 is 0 Å². The molecule has 0 saturated carbocycles. The van der Waals surface area contributed by atoms with Crippen LogP contribution < -0.4 is 4.74 Å². The van der Waals surface area contributed by atoms with E-state index in [1.807, 2.05) is 0 Å². The van der Waals surface area contributed by atoms with E-state index in [9.17, 15) is 0 Å². The number of rotatable bonds is 1. The lowest BCUT2D eigenvalue weighted by Crippen LogP contribution is -2.05. The van der Waals surface area contributed by atoms with Gasteiger partial charge in [-0.2, -0.15) is 0 Å². The van der Waals surface area contributed by atoms with Gasteiger partial charge in [-0.3, -0.25) is 0 Å². The fourth-order valence-corrected chi connectivity index (χ4v) is 2.77. The molecule has 3 rings (SSSR count). The van der Waals surface area contributed by atoms with Gasteiger partial charge in [0.05, 0.1) is 7.11 Å². The summed E-state index contributed by atoms with van der Waals surface area (Å²) in [6.45, 7) is 4.38. The lowest BCUT2D eigenvalue weighted by Gasteiger charge is -2.22. The molecular formula is C17H18O. The molecule has 0 bridgehead atoms. The zero-order valence-corrected chi connectivity index (χ0v) is 11.2. The minimum Gasteiger partial charge on any atom is -0.497 e. The predicted molar refractivity (Wildman–Crippen MR) is 75.3 cm³/mol. The normalized spacial score (nSPS) is 12.8. The molecular weight excluding hydrogens is 220 g/mol. The maximum atomic E-state index is 5.31. The van der Waals surface area contributed by atoms with Crippen LogP contribution in [-0.4, -0.2) is 7.11 Å². The number of fused-ring (bicyclic) bond motifs is 3. The second-order valence-electron chi connectivity index (χ2n) is 5.12. The molecule has 92 valence electrons. The largest absolute Gasteiger partial charge is 0.497 e. The first-order valence-corrected chi connectivity index (χ1v) is 6.46. The SMILES string of the molecule is COc1ccc2c(c1)CCc1cc(C)c(C)cc1-2. The summed E-state index contributed by atoms with van der Waals surface area (Å²) >= 11 is 0. The van der Waals surface area contributed by atoms with Gasteiger partial charge in [-0.15, -0.1) is 0 Å². The first-order valence-electron chi connectivity index (χ1n) is 6.46. The molecule has 0 radical (unpaired) electrons. The molecule has 0 atom stereocenters. The maximum Gasteiger partial charge on any atom is 0.119 e. The Labute approximate surface area is 108 Å². The van der Waals surface area contributed by atoms with Crippen LogP contribution in [0.4, 0.5) is 0 Å². The zero-order chi connectivity index (χ0) is 12.7. The quantitative estimate of drug-likeness (QED) is 0.727. The van der Waals surface area contributed by atoms with E-state index in [0.29, 0.717) is 0 Å². The molecule has 0 amide bonds. The highest BCUT2D eigenvalue weighted by atomic mass is 16.5. The van der Waals surface area contributed by atoms with Crippen molar-refractivity contribution in [2.75, 3.05) is 7.11 Å². The second-order valence-corrected chi connectivity index (χ2v) is 5.12. The van der Waals surface area contributed by atoms with Crippen molar-refractivity contribution in [3.8, 4) is 16.9 Å². The summed E-state index contributed by atoms with van der Waals surface area (Å²) in [5, 5.41) is 0. The van der Waals surface area contributed by atoms with Crippen molar-refractivity contribution in [1.29, 1.82) is 0 Å². The Bertz CT molecular complexity index is 611. The van der Waals surface area contributed by atoms with Gasteiger partial charge in [0.15, 0.2) is 0 Å². The van der Waals surface area contributed by atoms with E-state index >= 15 is 0 Å². The first kappa shape index (κ1) is 11.3. The van der Waals surface area contributed by atoms with Crippen LogP contribution in [0, 0.1) is 13.8 Å². The Hall–Kier alpha value is -1.76. The number of ether oxygens (including phenoxy) is 1. The van der Waals surface area contributed by atoms with Crippen LogP contribution in [-0.2, 0) is 12.8 Å². The van der Waals surface area contributed by atoms with E-state index in [1.54, 1.807) is 7.11 Å². The van der Waals surface area contributed by atoms with Crippen molar-refractivity contribution in [2.45, 2.75) is 26.7 Å². The van der Waals surface area contributed by atoms with E-state index in [4.69, 9.17) is 4.74 Å². The Morgan fingerprint density at radius 2 is 1.50 bits per heavy atom. The summed E-state index contributed by atoms with van der Waals surface area (Å²) < 4.78 is 5.31. The molecule has 1 aliphatic rings. The standard InChI is InChI=1S/C17H18O/c1-11-8-13-4-5-14-10-15(18-3)6-7-16(14)17(13)9-12(11)2/h6-10H,4-5H2,1-3H3. The molecule has 1 nitrogen and oxygen atoms in total. The third kappa shape index (κ3) is 1.71. The Morgan fingerprint density at radius 1 is 0.833 bits per heavy atom. The third-order valence-corrected chi connectivity index (χ3v) is 3.99. The molecule has 18 heavy (non-hydrogen) atoms. The molecule has 0 unspecified atom stereocenters. The van der Waals surface area contributed by atoms with Gasteiger partial charge in [-0.25, -0.2) is 0 Å². The van der Waals surface area contributed by atoms with Crippen LogP contribution in [0.25, 0.3) is 11.1 Å². The molecule has 1 heteroatoms. The van der Waals surface area contributed by atoms with Gasteiger partial charge < -0.3 is 4.74 Å². The minimum atomic E-state index is 0.959.